The maximum absolute atomic E-state index is 10.8. The lowest BCUT2D eigenvalue weighted by Gasteiger charge is -2.07. The van der Waals surface area contributed by atoms with Crippen molar-refractivity contribution < 1.29 is 19.4 Å². The van der Waals surface area contributed by atoms with Crippen LogP contribution in [-0.4, -0.2) is 30.9 Å². The maximum atomic E-state index is 10.8. The molecule has 0 aliphatic heterocycles. The minimum atomic E-state index is -0.933. The lowest BCUT2D eigenvalue weighted by atomic mass is 10.1. The van der Waals surface area contributed by atoms with Gasteiger partial charge in [-0.15, -0.1) is 0 Å². The fourth-order valence-electron chi connectivity index (χ4n) is 1.45. The van der Waals surface area contributed by atoms with Gasteiger partial charge in [0.1, 0.15) is 0 Å². The van der Waals surface area contributed by atoms with E-state index in [1.807, 2.05) is 0 Å². The topological polar surface area (TPSA) is 55.8 Å². The first-order valence-electron chi connectivity index (χ1n) is 6.32. The van der Waals surface area contributed by atoms with Crippen LogP contribution in [0.5, 0.6) is 0 Å². The van der Waals surface area contributed by atoms with E-state index in [0.29, 0.717) is 19.8 Å². The van der Waals surface area contributed by atoms with Gasteiger partial charge in [0.25, 0.3) is 0 Å². The molecule has 0 unspecified atom stereocenters. The molecule has 0 aromatic heterocycles. The van der Waals surface area contributed by atoms with Gasteiger partial charge in [0.05, 0.1) is 25.4 Å². The summed E-state index contributed by atoms with van der Waals surface area (Å²) in [6, 6.07) is 4.91. The Morgan fingerprint density at radius 1 is 1.26 bits per heavy atom. The monoisotopic (exact) mass is 330 g/mol. The molecule has 0 fully saturated rings. The molecule has 0 saturated heterocycles. The highest BCUT2D eigenvalue weighted by atomic mass is 79.9. The van der Waals surface area contributed by atoms with Gasteiger partial charge in [0.2, 0.25) is 0 Å². The van der Waals surface area contributed by atoms with Crippen LogP contribution in [0.1, 0.15) is 35.7 Å². The van der Waals surface area contributed by atoms with E-state index in [9.17, 15) is 4.79 Å². The van der Waals surface area contributed by atoms with Crippen LogP contribution >= 0.6 is 15.9 Å². The van der Waals surface area contributed by atoms with E-state index in [2.05, 4.69) is 22.9 Å². The van der Waals surface area contributed by atoms with Gasteiger partial charge in [-0.05, 0) is 24.1 Å². The highest BCUT2D eigenvalue weighted by Crippen LogP contribution is 2.19. The Labute approximate surface area is 121 Å². The summed E-state index contributed by atoms with van der Waals surface area (Å²) in [7, 11) is 0. The van der Waals surface area contributed by atoms with Gasteiger partial charge >= 0.3 is 5.97 Å². The number of unbranched alkanes of at least 4 members (excludes halogenated alkanes) is 1. The third-order valence-electron chi connectivity index (χ3n) is 2.57. The Morgan fingerprint density at radius 3 is 2.63 bits per heavy atom. The number of carbonyl (C=O) groups is 1. The molecule has 4 nitrogen and oxygen atoms in total. The largest absolute Gasteiger partial charge is 0.478 e. The Hall–Kier alpha value is -0.910. The van der Waals surface area contributed by atoms with Crippen molar-refractivity contribution in [1.29, 1.82) is 0 Å². The number of hydrogen-bond donors (Lipinski definition) is 1. The van der Waals surface area contributed by atoms with Crippen molar-refractivity contribution in [3.05, 3.63) is 33.8 Å². The molecule has 0 radical (unpaired) electrons. The van der Waals surface area contributed by atoms with E-state index >= 15 is 0 Å². The number of halogens is 1. The van der Waals surface area contributed by atoms with E-state index in [1.54, 1.807) is 18.2 Å². The first-order chi connectivity index (χ1) is 9.15. The first kappa shape index (κ1) is 16.1. The quantitative estimate of drug-likeness (QED) is 0.704. The Bertz CT molecular complexity index is 406. The second-order valence-electron chi connectivity index (χ2n) is 4.13. The van der Waals surface area contributed by atoms with E-state index in [1.165, 1.54) is 0 Å². The van der Waals surface area contributed by atoms with Crippen molar-refractivity contribution in [3.63, 3.8) is 0 Å². The highest BCUT2D eigenvalue weighted by Gasteiger charge is 2.06. The average Bonchev–Trinajstić information content (AvgIpc) is 2.39. The van der Waals surface area contributed by atoms with Gasteiger partial charge < -0.3 is 14.6 Å². The summed E-state index contributed by atoms with van der Waals surface area (Å²) < 4.78 is 11.6. The van der Waals surface area contributed by atoms with Crippen molar-refractivity contribution >= 4 is 21.9 Å². The minimum Gasteiger partial charge on any atom is -0.478 e. The molecular formula is C14H19BrO4. The molecule has 0 atom stereocenters. The van der Waals surface area contributed by atoms with Crippen molar-refractivity contribution in [2.45, 2.75) is 26.4 Å². The van der Waals surface area contributed by atoms with E-state index in [4.69, 9.17) is 14.6 Å². The Balaban J connectivity index is 2.28. The number of hydrogen-bond acceptors (Lipinski definition) is 3. The molecule has 1 N–H and O–H groups in total. The van der Waals surface area contributed by atoms with Crippen LogP contribution < -0.4 is 0 Å². The van der Waals surface area contributed by atoms with Gasteiger partial charge in [-0.25, -0.2) is 4.79 Å². The molecule has 0 saturated carbocycles. The van der Waals surface area contributed by atoms with Crippen LogP contribution in [0.3, 0.4) is 0 Å². The molecule has 1 rings (SSSR count). The van der Waals surface area contributed by atoms with Crippen molar-refractivity contribution in [3.8, 4) is 0 Å². The Kier molecular flexibility index (Phi) is 7.70. The molecule has 5 heteroatoms. The predicted octanol–water partition coefficient (Wildman–Crippen LogP) is 3.48. The fourth-order valence-corrected chi connectivity index (χ4v) is 1.94. The summed E-state index contributed by atoms with van der Waals surface area (Å²) in [6.07, 6.45) is 2.20. The van der Waals surface area contributed by atoms with Crippen molar-refractivity contribution in [2.24, 2.45) is 0 Å². The van der Waals surface area contributed by atoms with Gasteiger partial charge in [0.15, 0.2) is 0 Å². The number of benzene rings is 1. The summed E-state index contributed by atoms with van der Waals surface area (Å²) in [6.45, 7) is 4.47. The fraction of sp³-hybridized carbons (Fsp3) is 0.500. The third kappa shape index (κ3) is 6.18. The summed E-state index contributed by atoms with van der Waals surface area (Å²) in [4.78, 5) is 10.8. The Morgan fingerprint density at radius 2 is 2.00 bits per heavy atom. The maximum Gasteiger partial charge on any atom is 0.335 e. The van der Waals surface area contributed by atoms with Crippen molar-refractivity contribution in [2.75, 3.05) is 19.8 Å². The molecule has 0 bridgehead atoms. The minimum absolute atomic E-state index is 0.263. The van der Waals surface area contributed by atoms with E-state index in [0.717, 1.165) is 29.5 Å². The summed E-state index contributed by atoms with van der Waals surface area (Å²) in [5.74, 6) is -0.933. The zero-order chi connectivity index (χ0) is 14.1. The molecule has 106 valence electrons. The smallest absolute Gasteiger partial charge is 0.335 e. The highest BCUT2D eigenvalue weighted by molar-refractivity contribution is 9.10. The van der Waals surface area contributed by atoms with Gasteiger partial charge in [-0.1, -0.05) is 35.3 Å². The molecule has 19 heavy (non-hydrogen) atoms. The van der Waals surface area contributed by atoms with Gasteiger partial charge in [-0.3, -0.25) is 0 Å². The predicted molar refractivity (Wildman–Crippen MR) is 76.5 cm³/mol. The van der Waals surface area contributed by atoms with E-state index in [-0.39, 0.29) is 5.56 Å². The van der Waals surface area contributed by atoms with Gasteiger partial charge in [-0.2, -0.15) is 0 Å². The second kappa shape index (κ2) is 9.07. The van der Waals surface area contributed by atoms with Crippen molar-refractivity contribution in [1.82, 2.24) is 0 Å². The molecule has 1 aromatic carbocycles. The SMILES string of the molecule is CCCCOCCOCc1ccc(C(=O)O)cc1Br. The molecule has 0 spiro atoms. The second-order valence-corrected chi connectivity index (χ2v) is 4.98. The zero-order valence-electron chi connectivity index (χ0n) is 11.0. The summed E-state index contributed by atoms with van der Waals surface area (Å²) in [5, 5.41) is 8.85. The molecule has 0 aliphatic carbocycles. The lowest BCUT2D eigenvalue weighted by Crippen LogP contribution is -2.06. The van der Waals surface area contributed by atoms with Gasteiger partial charge in [0, 0.05) is 11.1 Å². The van der Waals surface area contributed by atoms with Crippen LogP contribution in [0, 0.1) is 0 Å². The molecule has 0 aliphatic rings. The molecular weight excluding hydrogens is 312 g/mol. The summed E-state index contributed by atoms with van der Waals surface area (Å²) >= 11 is 3.34. The summed E-state index contributed by atoms with van der Waals surface area (Å²) in [5.41, 5.74) is 1.19. The van der Waals surface area contributed by atoms with Crippen LogP contribution in [0.15, 0.2) is 22.7 Å². The standard InChI is InChI=1S/C14H19BrO4/c1-2-3-6-18-7-8-19-10-12-5-4-11(14(16)17)9-13(12)15/h4-5,9H,2-3,6-8,10H2,1H3,(H,16,17). The number of aromatic carboxylic acids is 1. The third-order valence-corrected chi connectivity index (χ3v) is 3.31. The molecule has 1 aromatic rings. The number of carboxylic acid groups (broad SMARTS) is 1. The van der Waals surface area contributed by atoms with E-state index < -0.39 is 5.97 Å². The number of ether oxygens (including phenoxy) is 2. The van der Waals surface area contributed by atoms with Crippen LogP contribution in [0.4, 0.5) is 0 Å². The zero-order valence-corrected chi connectivity index (χ0v) is 12.6. The number of rotatable bonds is 9. The number of carboxylic acids is 1. The average molecular weight is 331 g/mol. The van der Waals surface area contributed by atoms with Crippen LogP contribution in [-0.2, 0) is 16.1 Å². The molecule has 0 heterocycles. The lowest BCUT2D eigenvalue weighted by molar-refractivity contribution is 0.0395. The normalized spacial score (nSPS) is 10.6. The van der Waals surface area contributed by atoms with Crippen LogP contribution in [0.25, 0.3) is 0 Å². The van der Waals surface area contributed by atoms with Crippen LogP contribution in [0.2, 0.25) is 0 Å². The molecule has 0 amide bonds. The first-order valence-corrected chi connectivity index (χ1v) is 7.11.